The van der Waals surface area contributed by atoms with Crippen molar-refractivity contribution in [1.82, 2.24) is 25.0 Å². The number of carboxylic acids is 1. The maximum absolute atomic E-state index is 11.4. The molecule has 1 atom stereocenters. The van der Waals surface area contributed by atoms with Crippen molar-refractivity contribution in [2.24, 2.45) is 0 Å². The van der Waals surface area contributed by atoms with Gasteiger partial charge in [-0.05, 0) is 19.3 Å². The number of aliphatic carboxylic acids is 1. The van der Waals surface area contributed by atoms with E-state index in [2.05, 4.69) is 27.2 Å². The third-order valence-corrected chi connectivity index (χ3v) is 3.90. The molecule has 0 bridgehead atoms. The fraction of sp³-hybridized carbons (Fsp3) is 0.615. The summed E-state index contributed by atoms with van der Waals surface area (Å²) in [7, 11) is 0. The van der Waals surface area contributed by atoms with E-state index in [9.17, 15) is 9.90 Å². The second-order valence-corrected chi connectivity index (χ2v) is 5.43. The summed E-state index contributed by atoms with van der Waals surface area (Å²) >= 11 is 0. The Hall–Kier alpha value is -2.45. The number of anilines is 2. The van der Waals surface area contributed by atoms with Crippen molar-refractivity contribution in [2.75, 3.05) is 17.2 Å². The lowest BCUT2D eigenvalue weighted by molar-refractivity contribution is -0.138. The summed E-state index contributed by atoms with van der Waals surface area (Å²) in [6.07, 6.45) is 3.37. The van der Waals surface area contributed by atoms with Crippen molar-refractivity contribution in [3.63, 3.8) is 0 Å². The molecule has 22 heavy (non-hydrogen) atoms. The molecule has 9 nitrogen and oxygen atoms in total. The van der Waals surface area contributed by atoms with E-state index in [0.717, 1.165) is 19.3 Å². The zero-order valence-electron chi connectivity index (χ0n) is 12.4. The minimum atomic E-state index is -0.860. The third-order valence-electron chi connectivity index (χ3n) is 3.90. The predicted octanol–water partition coefficient (Wildman–Crippen LogP) is 0.657. The van der Waals surface area contributed by atoms with Crippen LogP contribution in [0.2, 0.25) is 0 Å². The normalized spacial score (nSPS) is 18.2. The summed E-state index contributed by atoms with van der Waals surface area (Å²) in [6.45, 7) is 3.41. The third kappa shape index (κ3) is 2.42. The number of fused-ring (bicyclic) bond motifs is 1. The SMILES string of the molecule is CCCCn1nnc2c(N3CCC[C@H]3C(=O)O)nc(N)nc21. The van der Waals surface area contributed by atoms with E-state index in [1.54, 1.807) is 9.58 Å². The molecule has 3 heterocycles. The maximum Gasteiger partial charge on any atom is 0.326 e. The average Bonchev–Trinajstić information content (AvgIpc) is 3.11. The van der Waals surface area contributed by atoms with Crippen LogP contribution in [-0.4, -0.2) is 48.6 Å². The molecule has 0 amide bonds. The quantitative estimate of drug-likeness (QED) is 0.825. The van der Waals surface area contributed by atoms with Crippen LogP contribution in [0.3, 0.4) is 0 Å². The number of hydrogen-bond donors (Lipinski definition) is 2. The highest BCUT2D eigenvalue weighted by atomic mass is 16.4. The van der Waals surface area contributed by atoms with Crippen molar-refractivity contribution in [2.45, 2.75) is 45.2 Å². The Kier molecular flexibility index (Phi) is 3.78. The van der Waals surface area contributed by atoms with Gasteiger partial charge in [-0.3, -0.25) is 0 Å². The second-order valence-electron chi connectivity index (χ2n) is 5.43. The predicted molar refractivity (Wildman–Crippen MR) is 80.4 cm³/mol. The fourth-order valence-electron chi connectivity index (χ4n) is 2.79. The highest BCUT2D eigenvalue weighted by Gasteiger charge is 2.33. The first-order valence-corrected chi connectivity index (χ1v) is 7.48. The maximum atomic E-state index is 11.4. The Morgan fingerprint density at radius 3 is 3.00 bits per heavy atom. The first kappa shape index (κ1) is 14.5. The van der Waals surface area contributed by atoms with Crippen molar-refractivity contribution in [3.05, 3.63) is 0 Å². The van der Waals surface area contributed by atoms with Crippen LogP contribution in [0.4, 0.5) is 11.8 Å². The van der Waals surface area contributed by atoms with Crippen LogP contribution in [-0.2, 0) is 11.3 Å². The fourth-order valence-corrected chi connectivity index (χ4v) is 2.79. The number of nitrogens with zero attached hydrogens (tertiary/aromatic N) is 6. The van der Waals surface area contributed by atoms with Gasteiger partial charge >= 0.3 is 5.97 Å². The molecule has 1 saturated heterocycles. The Morgan fingerprint density at radius 2 is 2.27 bits per heavy atom. The largest absolute Gasteiger partial charge is 0.480 e. The number of rotatable bonds is 5. The van der Waals surface area contributed by atoms with E-state index in [1.165, 1.54) is 0 Å². The van der Waals surface area contributed by atoms with Crippen LogP contribution in [0.5, 0.6) is 0 Å². The molecule has 3 N–H and O–H groups in total. The van der Waals surface area contributed by atoms with E-state index < -0.39 is 12.0 Å². The summed E-state index contributed by atoms with van der Waals surface area (Å²) in [5.41, 5.74) is 6.88. The standard InChI is InChI=1S/C13H19N7O2/c1-2-3-7-20-11-9(17-18-20)10(15-13(14)16-11)19-6-4-5-8(19)12(21)22/h8H,2-7H2,1H3,(H,21,22)(H2,14,15,16)/t8-/m0/s1. The van der Waals surface area contributed by atoms with Gasteiger partial charge in [0.15, 0.2) is 17.0 Å². The van der Waals surface area contributed by atoms with Gasteiger partial charge in [0.25, 0.3) is 0 Å². The van der Waals surface area contributed by atoms with E-state index >= 15 is 0 Å². The molecule has 3 rings (SSSR count). The van der Waals surface area contributed by atoms with Gasteiger partial charge in [0.1, 0.15) is 6.04 Å². The molecule has 0 aliphatic carbocycles. The molecule has 1 aliphatic rings. The molecule has 0 spiro atoms. The summed E-state index contributed by atoms with van der Waals surface area (Å²) in [5.74, 6) is -0.282. The lowest BCUT2D eigenvalue weighted by Crippen LogP contribution is -2.36. The first-order valence-electron chi connectivity index (χ1n) is 7.48. The number of hydrogen-bond acceptors (Lipinski definition) is 7. The molecule has 2 aromatic heterocycles. The van der Waals surface area contributed by atoms with Crippen LogP contribution in [0.15, 0.2) is 0 Å². The number of carbonyl (C=O) groups is 1. The number of aromatic nitrogens is 5. The minimum Gasteiger partial charge on any atom is -0.480 e. The topological polar surface area (TPSA) is 123 Å². The van der Waals surface area contributed by atoms with Crippen LogP contribution >= 0.6 is 0 Å². The number of unbranched alkanes of at least 4 members (excludes halogenated alkanes) is 1. The monoisotopic (exact) mass is 305 g/mol. The number of nitrogens with two attached hydrogens (primary N) is 1. The van der Waals surface area contributed by atoms with Crippen LogP contribution in [0.25, 0.3) is 11.2 Å². The van der Waals surface area contributed by atoms with Crippen LogP contribution in [0.1, 0.15) is 32.6 Å². The van der Waals surface area contributed by atoms with Gasteiger partial charge < -0.3 is 15.7 Å². The molecule has 0 radical (unpaired) electrons. The van der Waals surface area contributed by atoms with Gasteiger partial charge in [0.05, 0.1) is 0 Å². The highest BCUT2D eigenvalue weighted by molar-refractivity contribution is 5.88. The van der Waals surface area contributed by atoms with Gasteiger partial charge in [-0.15, -0.1) is 5.10 Å². The zero-order valence-corrected chi connectivity index (χ0v) is 12.4. The molecule has 0 unspecified atom stereocenters. The van der Waals surface area contributed by atoms with Crippen molar-refractivity contribution in [3.8, 4) is 0 Å². The lowest BCUT2D eigenvalue weighted by Gasteiger charge is -2.22. The molecule has 1 fully saturated rings. The van der Waals surface area contributed by atoms with E-state index in [1.807, 2.05) is 0 Å². The van der Waals surface area contributed by atoms with Gasteiger partial charge in [-0.1, -0.05) is 18.6 Å². The van der Waals surface area contributed by atoms with Gasteiger partial charge in [0.2, 0.25) is 5.95 Å². The van der Waals surface area contributed by atoms with E-state index in [-0.39, 0.29) is 5.95 Å². The Morgan fingerprint density at radius 1 is 1.45 bits per heavy atom. The average molecular weight is 305 g/mol. The smallest absolute Gasteiger partial charge is 0.326 e. The molecule has 1 aliphatic heterocycles. The summed E-state index contributed by atoms with van der Waals surface area (Å²) in [5, 5.41) is 17.6. The summed E-state index contributed by atoms with van der Waals surface area (Å²) in [4.78, 5) is 21.6. The Balaban J connectivity index is 2.06. The van der Waals surface area contributed by atoms with Crippen molar-refractivity contribution < 1.29 is 9.90 Å². The van der Waals surface area contributed by atoms with E-state index in [4.69, 9.17) is 5.73 Å². The minimum absolute atomic E-state index is 0.110. The van der Waals surface area contributed by atoms with Gasteiger partial charge in [0, 0.05) is 13.1 Å². The highest BCUT2D eigenvalue weighted by Crippen LogP contribution is 2.29. The van der Waals surface area contributed by atoms with Crippen molar-refractivity contribution in [1.29, 1.82) is 0 Å². The number of nitrogen functional groups attached to an aromatic ring is 1. The summed E-state index contributed by atoms with van der Waals surface area (Å²) < 4.78 is 1.70. The molecule has 0 aromatic carbocycles. The zero-order chi connectivity index (χ0) is 15.7. The molecule has 118 valence electrons. The van der Waals surface area contributed by atoms with Crippen LogP contribution < -0.4 is 10.6 Å². The molecule has 2 aromatic rings. The van der Waals surface area contributed by atoms with Gasteiger partial charge in [-0.25, -0.2) is 9.48 Å². The molecule has 9 heteroatoms. The molecular weight excluding hydrogens is 286 g/mol. The number of carboxylic acid groups (broad SMARTS) is 1. The Bertz CT molecular complexity index is 699. The second kappa shape index (κ2) is 5.74. The number of aryl methyl sites for hydroxylation is 1. The van der Waals surface area contributed by atoms with E-state index in [0.29, 0.717) is 36.5 Å². The van der Waals surface area contributed by atoms with Gasteiger partial charge in [-0.2, -0.15) is 9.97 Å². The van der Waals surface area contributed by atoms with Crippen molar-refractivity contribution >= 4 is 28.9 Å². The summed E-state index contributed by atoms with van der Waals surface area (Å²) in [6, 6.07) is -0.599. The Labute approximate surface area is 127 Å². The lowest BCUT2D eigenvalue weighted by atomic mass is 10.2. The van der Waals surface area contributed by atoms with Crippen LogP contribution in [0, 0.1) is 0 Å². The first-order chi connectivity index (χ1) is 10.6. The molecule has 0 saturated carbocycles. The molecular formula is C13H19N7O2.